The maximum atomic E-state index is 11.4. The van der Waals surface area contributed by atoms with Gasteiger partial charge in [0.2, 0.25) is 0 Å². The van der Waals surface area contributed by atoms with Gasteiger partial charge in [-0.05, 0) is 12.0 Å². The Bertz CT molecular complexity index is 244. The van der Waals surface area contributed by atoms with Crippen molar-refractivity contribution >= 4 is 12.2 Å². The maximum absolute atomic E-state index is 11.4. The fraction of sp³-hybridized carbons (Fsp3) is 0.600. The average molecular weight is 199 g/mol. The summed E-state index contributed by atoms with van der Waals surface area (Å²) >= 11 is 0. The molecule has 0 aromatic heterocycles. The van der Waals surface area contributed by atoms with Crippen molar-refractivity contribution in [3.63, 3.8) is 0 Å². The smallest absolute Gasteiger partial charge is 0.339 e. The van der Waals surface area contributed by atoms with Gasteiger partial charge in [0.25, 0.3) is 0 Å². The third-order valence-corrected chi connectivity index (χ3v) is 1.79. The van der Waals surface area contributed by atoms with Gasteiger partial charge < -0.3 is 9.47 Å². The first-order valence-corrected chi connectivity index (χ1v) is 4.42. The van der Waals surface area contributed by atoms with Crippen LogP contribution in [0.5, 0.6) is 0 Å². The Morgan fingerprint density at radius 3 is 2.43 bits per heavy atom. The highest BCUT2D eigenvalue weighted by Gasteiger charge is 2.12. The second kappa shape index (κ2) is 7.26. The highest BCUT2D eigenvalue weighted by atomic mass is 16.5. The zero-order valence-corrected chi connectivity index (χ0v) is 9.16. The zero-order chi connectivity index (χ0) is 11.0. The van der Waals surface area contributed by atoms with Crippen LogP contribution in [0.15, 0.2) is 16.1 Å². The molecule has 14 heavy (non-hydrogen) atoms. The molecular weight excluding hydrogens is 182 g/mol. The average Bonchev–Trinajstić information content (AvgIpc) is 2.22. The second-order valence-corrected chi connectivity index (χ2v) is 2.68. The fourth-order valence-electron chi connectivity index (χ4n) is 1.07. The minimum atomic E-state index is -0.371. The summed E-state index contributed by atoms with van der Waals surface area (Å²) in [4.78, 5) is 15.2. The van der Waals surface area contributed by atoms with E-state index in [1.807, 2.05) is 6.92 Å². The quantitative estimate of drug-likeness (QED) is 0.380. The van der Waals surface area contributed by atoms with Crippen LogP contribution < -0.4 is 0 Å². The van der Waals surface area contributed by atoms with Crippen LogP contribution >= 0.6 is 0 Å². The molecule has 0 aliphatic heterocycles. The van der Waals surface area contributed by atoms with Crippen molar-refractivity contribution in [1.29, 1.82) is 0 Å². The summed E-state index contributed by atoms with van der Waals surface area (Å²) < 4.78 is 9.64. The highest BCUT2D eigenvalue weighted by Crippen LogP contribution is 2.09. The Balaban J connectivity index is 4.97. The van der Waals surface area contributed by atoms with Gasteiger partial charge >= 0.3 is 5.97 Å². The van der Waals surface area contributed by atoms with Crippen LogP contribution in [0.4, 0.5) is 0 Å². The lowest BCUT2D eigenvalue weighted by atomic mass is 10.1. The van der Waals surface area contributed by atoms with Crippen molar-refractivity contribution in [2.24, 2.45) is 4.99 Å². The number of hydrogen-bond acceptors (Lipinski definition) is 4. The largest absolute Gasteiger partial charge is 0.465 e. The molecule has 0 saturated carbocycles. The van der Waals surface area contributed by atoms with E-state index in [9.17, 15) is 4.79 Å². The Labute approximate surface area is 84.6 Å². The van der Waals surface area contributed by atoms with Gasteiger partial charge in [0.05, 0.1) is 19.3 Å². The first kappa shape index (κ1) is 12.8. The zero-order valence-electron chi connectivity index (χ0n) is 9.16. The Kier molecular flexibility index (Phi) is 6.66. The molecular formula is C10H17NO3. The number of nitrogens with zero attached hydrogens (tertiary/aromatic N) is 1. The van der Waals surface area contributed by atoms with Gasteiger partial charge in [0.1, 0.15) is 0 Å². The topological polar surface area (TPSA) is 47.9 Å². The second-order valence-electron chi connectivity index (χ2n) is 2.68. The molecule has 0 rings (SSSR count). The number of hydrogen-bond donors (Lipinski definition) is 0. The van der Waals surface area contributed by atoms with Crippen LogP contribution in [0.25, 0.3) is 0 Å². The molecule has 0 amide bonds. The Hall–Kier alpha value is -1.16. The molecule has 4 nitrogen and oxygen atoms in total. The monoisotopic (exact) mass is 199 g/mol. The van der Waals surface area contributed by atoms with E-state index >= 15 is 0 Å². The maximum Gasteiger partial charge on any atom is 0.339 e. The Morgan fingerprint density at radius 1 is 1.43 bits per heavy atom. The van der Waals surface area contributed by atoms with Crippen molar-refractivity contribution in [1.82, 2.24) is 0 Å². The van der Waals surface area contributed by atoms with E-state index in [0.29, 0.717) is 12.2 Å². The van der Waals surface area contributed by atoms with E-state index in [0.717, 1.165) is 12.0 Å². The van der Waals surface area contributed by atoms with Crippen LogP contribution in [-0.2, 0) is 14.3 Å². The molecule has 0 aromatic rings. The first-order chi connectivity index (χ1) is 6.71. The Morgan fingerprint density at radius 2 is 2.07 bits per heavy atom. The van der Waals surface area contributed by atoms with Gasteiger partial charge in [-0.3, -0.25) is 4.99 Å². The minimum Gasteiger partial charge on any atom is -0.465 e. The third kappa shape index (κ3) is 3.70. The van der Waals surface area contributed by atoms with Crippen LogP contribution in [0.1, 0.15) is 13.3 Å². The van der Waals surface area contributed by atoms with Gasteiger partial charge in [-0.25, -0.2) is 4.79 Å². The summed E-state index contributed by atoms with van der Waals surface area (Å²) in [6.07, 6.45) is 2.24. The van der Waals surface area contributed by atoms with Crippen molar-refractivity contribution < 1.29 is 14.3 Å². The normalized spacial score (nSPS) is 12.9. The number of carbonyl (C=O) groups excluding carboxylic acids is 1. The summed E-state index contributed by atoms with van der Waals surface area (Å²) in [7, 11) is 4.56. The molecule has 0 aliphatic rings. The summed E-state index contributed by atoms with van der Waals surface area (Å²) in [6.45, 7) is 2.38. The molecule has 0 aromatic carbocycles. The lowest BCUT2D eigenvalue weighted by Gasteiger charge is -2.07. The molecule has 0 heterocycles. The SMILES string of the molecule is CC/C(COC)=C(\C=NC)C(=O)OC. The number of ether oxygens (including phenoxy) is 2. The molecule has 0 fully saturated rings. The van der Waals surface area contributed by atoms with Gasteiger partial charge in [0.15, 0.2) is 0 Å². The molecule has 0 saturated heterocycles. The number of carbonyl (C=O) groups is 1. The van der Waals surface area contributed by atoms with E-state index in [-0.39, 0.29) is 5.97 Å². The summed E-state index contributed by atoms with van der Waals surface area (Å²) in [5.41, 5.74) is 1.38. The molecule has 0 atom stereocenters. The van der Waals surface area contributed by atoms with Crippen molar-refractivity contribution in [3.05, 3.63) is 11.1 Å². The molecule has 0 bridgehead atoms. The predicted molar refractivity (Wildman–Crippen MR) is 55.6 cm³/mol. The molecule has 0 aliphatic carbocycles. The van der Waals surface area contributed by atoms with E-state index in [2.05, 4.69) is 9.73 Å². The number of rotatable bonds is 5. The van der Waals surface area contributed by atoms with E-state index < -0.39 is 0 Å². The molecule has 80 valence electrons. The molecule has 0 spiro atoms. The number of aliphatic imine (C=N–C) groups is 1. The van der Waals surface area contributed by atoms with E-state index in [1.54, 1.807) is 14.2 Å². The number of esters is 1. The standard InChI is InChI=1S/C10H17NO3/c1-5-8(7-13-3)9(6-11-2)10(12)14-4/h6H,5,7H2,1-4H3/b9-8-,11-6?. The van der Waals surface area contributed by atoms with Crippen molar-refractivity contribution in [2.75, 3.05) is 27.9 Å². The van der Waals surface area contributed by atoms with Gasteiger partial charge in [-0.15, -0.1) is 0 Å². The number of methoxy groups -OCH3 is 2. The summed E-state index contributed by atoms with van der Waals surface area (Å²) in [5, 5.41) is 0. The highest BCUT2D eigenvalue weighted by molar-refractivity contribution is 6.10. The molecule has 4 heteroatoms. The van der Waals surface area contributed by atoms with Gasteiger partial charge in [-0.1, -0.05) is 6.92 Å². The lowest BCUT2D eigenvalue weighted by Crippen LogP contribution is -2.11. The van der Waals surface area contributed by atoms with E-state index in [4.69, 9.17) is 4.74 Å². The fourth-order valence-corrected chi connectivity index (χ4v) is 1.07. The van der Waals surface area contributed by atoms with Gasteiger partial charge in [-0.2, -0.15) is 0 Å². The van der Waals surface area contributed by atoms with Crippen molar-refractivity contribution in [2.45, 2.75) is 13.3 Å². The molecule has 0 N–H and O–H groups in total. The summed E-state index contributed by atoms with van der Waals surface area (Å²) in [6, 6.07) is 0. The lowest BCUT2D eigenvalue weighted by molar-refractivity contribution is -0.135. The molecule has 0 radical (unpaired) electrons. The molecule has 0 unspecified atom stereocenters. The van der Waals surface area contributed by atoms with Crippen LogP contribution in [0.2, 0.25) is 0 Å². The predicted octanol–water partition coefficient (Wildman–Crippen LogP) is 1.21. The first-order valence-electron chi connectivity index (χ1n) is 4.42. The van der Waals surface area contributed by atoms with Crippen LogP contribution in [-0.4, -0.2) is 40.1 Å². The van der Waals surface area contributed by atoms with E-state index in [1.165, 1.54) is 13.3 Å². The van der Waals surface area contributed by atoms with Gasteiger partial charge in [0, 0.05) is 20.4 Å². The van der Waals surface area contributed by atoms with Crippen LogP contribution in [0.3, 0.4) is 0 Å². The van der Waals surface area contributed by atoms with Crippen molar-refractivity contribution in [3.8, 4) is 0 Å². The third-order valence-electron chi connectivity index (χ3n) is 1.79. The van der Waals surface area contributed by atoms with Crippen LogP contribution in [0, 0.1) is 0 Å². The minimum absolute atomic E-state index is 0.371. The summed E-state index contributed by atoms with van der Waals surface area (Å²) in [5.74, 6) is -0.371.